The van der Waals surface area contributed by atoms with Gasteiger partial charge in [0.05, 0.1) is 0 Å². The maximum absolute atomic E-state index is 12.1. The van der Waals surface area contributed by atoms with Crippen molar-refractivity contribution in [3.8, 4) is 0 Å². The predicted molar refractivity (Wildman–Crippen MR) is 83.3 cm³/mol. The van der Waals surface area contributed by atoms with Crippen LogP contribution in [0.5, 0.6) is 0 Å². The van der Waals surface area contributed by atoms with Gasteiger partial charge in [-0.25, -0.2) is 9.97 Å². The van der Waals surface area contributed by atoms with Gasteiger partial charge >= 0.3 is 0 Å². The minimum absolute atomic E-state index is 0.269. The van der Waals surface area contributed by atoms with Crippen molar-refractivity contribution in [2.24, 2.45) is 0 Å². The number of aryl methyl sites for hydroxylation is 1. The molecule has 5 nitrogen and oxygen atoms in total. The van der Waals surface area contributed by atoms with Crippen molar-refractivity contribution < 1.29 is 9.21 Å². The van der Waals surface area contributed by atoms with E-state index in [0.717, 1.165) is 11.9 Å². The average Bonchev–Trinajstić information content (AvgIpc) is 2.89. The number of anilines is 1. The molecule has 1 amide bonds. The van der Waals surface area contributed by atoms with Gasteiger partial charge in [-0.3, -0.25) is 4.79 Å². The number of oxazole rings is 1. The molecule has 0 aliphatic heterocycles. The highest BCUT2D eigenvalue weighted by Gasteiger charge is 2.10. The third-order valence-electron chi connectivity index (χ3n) is 2.94. The Morgan fingerprint density at radius 3 is 2.90 bits per heavy atom. The van der Waals surface area contributed by atoms with Gasteiger partial charge in [-0.1, -0.05) is 13.0 Å². The lowest BCUT2D eigenvalue weighted by Crippen LogP contribution is -2.13. The molecule has 2 heterocycles. The van der Waals surface area contributed by atoms with Crippen LogP contribution in [-0.2, 0) is 6.42 Å². The van der Waals surface area contributed by atoms with Crippen LogP contribution < -0.4 is 5.32 Å². The number of fused-ring (bicyclic) bond motifs is 1. The topological polar surface area (TPSA) is 68.0 Å². The van der Waals surface area contributed by atoms with Crippen molar-refractivity contribution in [3.63, 3.8) is 0 Å². The number of carbonyl (C=O) groups excluding carboxylic acids is 1. The van der Waals surface area contributed by atoms with E-state index in [1.165, 1.54) is 0 Å². The molecule has 0 unspecified atom stereocenters. The van der Waals surface area contributed by atoms with Crippen molar-refractivity contribution in [2.75, 3.05) is 5.32 Å². The van der Waals surface area contributed by atoms with Crippen molar-refractivity contribution in [1.29, 1.82) is 0 Å². The number of pyridine rings is 1. The Labute approximate surface area is 129 Å². The summed E-state index contributed by atoms with van der Waals surface area (Å²) in [6, 6.07) is 10.6. The first-order valence-corrected chi connectivity index (χ1v) is 7.28. The van der Waals surface area contributed by atoms with Gasteiger partial charge in [0, 0.05) is 12.1 Å². The second kappa shape index (κ2) is 5.65. The second-order valence-corrected chi connectivity index (χ2v) is 5.26. The molecule has 0 aliphatic carbocycles. The Hall–Kier alpha value is -2.21. The van der Waals surface area contributed by atoms with Crippen LogP contribution in [0.2, 0.25) is 0 Å². The van der Waals surface area contributed by atoms with Crippen LogP contribution in [0.25, 0.3) is 11.1 Å². The third kappa shape index (κ3) is 2.95. The van der Waals surface area contributed by atoms with E-state index >= 15 is 0 Å². The molecular weight excluding hydrogens is 334 g/mol. The number of amides is 1. The molecule has 0 atom stereocenters. The highest BCUT2D eigenvalue weighted by molar-refractivity contribution is 9.10. The Bertz CT molecular complexity index is 814. The largest absolute Gasteiger partial charge is 0.441 e. The second-order valence-electron chi connectivity index (χ2n) is 4.44. The summed E-state index contributed by atoms with van der Waals surface area (Å²) >= 11 is 3.25. The molecule has 0 saturated carbocycles. The van der Waals surface area contributed by atoms with E-state index in [0.29, 0.717) is 27.5 Å². The number of rotatable bonds is 3. The third-order valence-corrected chi connectivity index (χ3v) is 3.38. The van der Waals surface area contributed by atoms with Crippen LogP contribution in [0.1, 0.15) is 23.3 Å². The highest BCUT2D eigenvalue weighted by Crippen LogP contribution is 2.20. The van der Waals surface area contributed by atoms with Gasteiger partial charge < -0.3 is 9.73 Å². The Kier molecular flexibility index (Phi) is 3.70. The smallest absolute Gasteiger partial charge is 0.274 e. The fourth-order valence-corrected chi connectivity index (χ4v) is 2.28. The van der Waals surface area contributed by atoms with E-state index < -0.39 is 0 Å². The number of nitrogens with one attached hydrogen (secondary N) is 1. The first-order chi connectivity index (χ1) is 10.2. The van der Waals surface area contributed by atoms with Gasteiger partial charge in [-0.2, -0.15) is 0 Å². The van der Waals surface area contributed by atoms with E-state index in [1.54, 1.807) is 36.4 Å². The van der Waals surface area contributed by atoms with E-state index in [4.69, 9.17) is 4.42 Å². The van der Waals surface area contributed by atoms with Crippen molar-refractivity contribution in [1.82, 2.24) is 9.97 Å². The first kappa shape index (κ1) is 13.8. The highest BCUT2D eigenvalue weighted by atomic mass is 79.9. The molecule has 0 bridgehead atoms. The lowest BCUT2D eigenvalue weighted by Gasteiger charge is -2.04. The zero-order chi connectivity index (χ0) is 14.8. The summed E-state index contributed by atoms with van der Waals surface area (Å²) in [5, 5.41) is 2.80. The number of nitrogens with zero attached hydrogens (tertiary/aromatic N) is 2. The molecule has 2 aromatic heterocycles. The molecule has 0 aliphatic rings. The molecule has 1 aromatic carbocycles. The van der Waals surface area contributed by atoms with Crippen LogP contribution in [0.15, 0.2) is 45.4 Å². The Morgan fingerprint density at radius 1 is 1.29 bits per heavy atom. The molecule has 0 radical (unpaired) electrons. The van der Waals surface area contributed by atoms with Gasteiger partial charge in [0.15, 0.2) is 11.5 Å². The number of aromatic nitrogens is 2. The fourth-order valence-electron chi connectivity index (χ4n) is 1.93. The van der Waals surface area contributed by atoms with E-state index in [2.05, 4.69) is 31.2 Å². The summed E-state index contributed by atoms with van der Waals surface area (Å²) in [5.41, 5.74) is 2.45. The lowest BCUT2D eigenvalue weighted by atomic mass is 10.2. The van der Waals surface area contributed by atoms with Crippen LogP contribution >= 0.6 is 15.9 Å². The summed E-state index contributed by atoms with van der Waals surface area (Å²) in [5.74, 6) is 0.414. The number of hydrogen-bond acceptors (Lipinski definition) is 4. The molecule has 0 spiro atoms. The van der Waals surface area contributed by atoms with E-state index in [9.17, 15) is 4.79 Å². The summed E-state index contributed by atoms with van der Waals surface area (Å²) in [6.07, 6.45) is 0.734. The first-order valence-electron chi connectivity index (χ1n) is 6.49. The van der Waals surface area contributed by atoms with Crippen LogP contribution in [0.4, 0.5) is 5.69 Å². The van der Waals surface area contributed by atoms with Gasteiger partial charge in [-0.05, 0) is 46.3 Å². The van der Waals surface area contributed by atoms with Crippen molar-refractivity contribution in [2.45, 2.75) is 13.3 Å². The Morgan fingerprint density at radius 2 is 2.14 bits per heavy atom. The summed E-state index contributed by atoms with van der Waals surface area (Å²) in [7, 11) is 0. The molecular formula is C15H12BrN3O2. The number of benzene rings is 1. The quantitative estimate of drug-likeness (QED) is 0.733. The van der Waals surface area contributed by atoms with Gasteiger partial charge in [0.2, 0.25) is 0 Å². The lowest BCUT2D eigenvalue weighted by molar-refractivity contribution is 0.102. The fraction of sp³-hybridized carbons (Fsp3) is 0.133. The van der Waals surface area contributed by atoms with Crippen LogP contribution in [0, 0.1) is 0 Å². The SMILES string of the molecule is CCc1nc2cc(NC(=O)c3cccc(Br)n3)ccc2o1. The molecule has 0 saturated heterocycles. The summed E-state index contributed by atoms with van der Waals surface area (Å²) < 4.78 is 6.16. The van der Waals surface area contributed by atoms with Crippen LogP contribution in [-0.4, -0.2) is 15.9 Å². The van der Waals surface area contributed by atoms with E-state index in [1.807, 2.05) is 6.92 Å². The van der Waals surface area contributed by atoms with Crippen LogP contribution in [0.3, 0.4) is 0 Å². The molecule has 21 heavy (non-hydrogen) atoms. The normalized spacial score (nSPS) is 10.8. The summed E-state index contributed by atoms with van der Waals surface area (Å²) in [6.45, 7) is 1.98. The molecule has 3 aromatic rings. The van der Waals surface area contributed by atoms with Gasteiger partial charge in [-0.15, -0.1) is 0 Å². The Balaban J connectivity index is 1.85. The minimum Gasteiger partial charge on any atom is -0.441 e. The molecule has 6 heteroatoms. The maximum Gasteiger partial charge on any atom is 0.274 e. The maximum atomic E-state index is 12.1. The van der Waals surface area contributed by atoms with Gasteiger partial charge in [0.1, 0.15) is 15.8 Å². The molecule has 1 N–H and O–H groups in total. The number of hydrogen-bond donors (Lipinski definition) is 1. The molecule has 0 fully saturated rings. The standard InChI is InChI=1S/C15H12BrN3O2/c1-2-14-19-11-8-9(6-7-12(11)21-14)17-15(20)10-4-3-5-13(16)18-10/h3-8H,2H2,1H3,(H,17,20). The zero-order valence-corrected chi connectivity index (χ0v) is 12.8. The number of halogens is 1. The predicted octanol–water partition coefficient (Wildman–Crippen LogP) is 3.80. The van der Waals surface area contributed by atoms with Gasteiger partial charge in [0.25, 0.3) is 5.91 Å². The van der Waals surface area contributed by atoms with E-state index in [-0.39, 0.29) is 5.91 Å². The molecule has 106 valence electrons. The molecule has 3 rings (SSSR count). The van der Waals surface area contributed by atoms with Crippen molar-refractivity contribution in [3.05, 3.63) is 52.6 Å². The minimum atomic E-state index is -0.269. The van der Waals surface area contributed by atoms with Crippen molar-refractivity contribution >= 4 is 38.6 Å². The average molecular weight is 346 g/mol. The summed E-state index contributed by atoms with van der Waals surface area (Å²) in [4.78, 5) is 20.6. The zero-order valence-electron chi connectivity index (χ0n) is 11.3. The number of carbonyl (C=O) groups is 1. The monoisotopic (exact) mass is 345 g/mol.